The van der Waals surface area contributed by atoms with Gasteiger partial charge in [-0.15, -0.1) is 0 Å². The fourth-order valence-electron chi connectivity index (χ4n) is 3.34. The lowest BCUT2D eigenvalue weighted by atomic mass is 10.1. The van der Waals surface area contributed by atoms with E-state index in [4.69, 9.17) is 9.47 Å². The van der Waals surface area contributed by atoms with Crippen molar-refractivity contribution in [3.05, 3.63) is 92.9 Å². The van der Waals surface area contributed by atoms with Gasteiger partial charge in [-0.3, -0.25) is 19.7 Å². The number of rotatable bonds is 6. The third-order valence-corrected chi connectivity index (χ3v) is 4.98. The lowest BCUT2D eigenvalue weighted by Crippen LogP contribution is -2.26. The molecular weight excluding hydrogens is 428 g/mol. The molecule has 1 amide bonds. The van der Waals surface area contributed by atoms with Gasteiger partial charge in [-0.2, -0.15) is 9.78 Å². The number of anilines is 1. The molecule has 0 aliphatic rings. The predicted octanol–water partition coefficient (Wildman–Crippen LogP) is 3.56. The highest BCUT2D eigenvalue weighted by molar-refractivity contribution is 6.11. The lowest BCUT2D eigenvalue weighted by Gasteiger charge is -2.13. The number of hydrogen-bond donors (Lipinski definition) is 1. The van der Waals surface area contributed by atoms with Gasteiger partial charge in [0.05, 0.1) is 35.9 Å². The van der Waals surface area contributed by atoms with E-state index in [0.717, 1.165) is 4.68 Å². The molecule has 4 rings (SSSR count). The maximum atomic E-state index is 13.2. The SMILES string of the molecule is COc1ccc(-n2nc(C(=O)Nc3cc([N+](=O)[O-])ccc3OC)c3ccccc3c2=O)cc1. The number of carbonyl (C=O) groups is 1. The average Bonchev–Trinajstić information content (AvgIpc) is 2.84. The summed E-state index contributed by atoms with van der Waals surface area (Å²) in [6.45, 7) is 0. The topological polar surface area (TPSA) is 126 Å². The van der Waals surface area contributed by atoms with E-state index in [-0.39, 0.29) is 22.8 Å². The normalized spacial score (nSPS) is 10.6. The molecule has 166 valence electrons. The average molecular weight is 446 g/mol. The van der Waals surface area contributed by atoms with Crippen molar-refractivity contribution < 1.29 is 19.2 Å². The zero-order valence-corrected chi connectivity index (χ0v) is 17.6. The number of methoxy groups -OCH3 is 2. The van der Waals surface area contributed by atoms with Crippen LogP contribution in [0.2, 0.25) is 0 Å². The van der Waals surface area contributed by atoms with Crippen molar-refractivity contribution in [3.8, 4) is 17.2 Å². The van der Waals surface area contributed by atoms with Crippen LogP contribution in [0, 0.1) is 10.1 Å². The van der Waals surface area contributed by atoms with Gasteiger partial charge in [-0.05, 0) is 36.4 Å². The van der Waals surface area contributed by atoms with Gasteiger partial charge in [0.15, 0.2) is 5.69 Å². The van der Waals surface area contributed by atoms with Gasteiger partial charge < -0.3 is 14.8 Å². The standard InChI is InChI=1S/C23H18N4O6/c1-32-16-10-7-14(8-11-16)26-23(29)18-6-4-3-5-17(18)21(25-26)22(28)24-19-13-15(27(30)31)9-12-20(19)33-2/h3-13H,1-2H3,(H,24,28). The van der Waals surface area contributed by atoms with Crippen LogP contribution in [0.5, 0.6) is 11.5 Å². The Morgan fingerprint density at radius 2 is 1.70 bits per heavy atom. The van der Waals surface area contributed by atoms with Gasteiger partial charge in [-0.1, -0.05) is 18.2 Å². The summed E-state index contributed by atoms with van der Waals surface area (Å²) < 4.78 is 11.5. The summed E-state index contributed by atoms with van der Waals surface area (Å²) in [7, 11) is 2.91. The van der Waals surface area contributed by atoms with E-state index in [1.807, 2.05) is 0 Å². The van der Waals surface area contributed by atoms with E-state index in [9.17, 15) is 19.7 Å². The molecule has 0 saturated heterocycles. The lowest BCUT2D eigenvalue weighted by molar-refractivity contribution is -0.384. The Morgan fingerprint density at radius 1 is 1.00 bits per heavy atom. The minimum atomic E-state index is -0.660. The molecule has 1 heterocycles. The molecule has 0 saturated carbocycles. The summed E-state index contributed by atoms with van der Waals surface area (Å²) in [5, 5.41) is 18.7. The third kappa shape index (κ3) is 4.09. The fraction of sp³-hybridized carbons (Fsp3) is 0.0870. The van der Waals surface area contributed by atoms with E-state index >= 15 is 0 Å². The molecule has 4 aromatic rings. The van der Waals surface area contributed by atoms with Crippen molar-refractivity contribution in [1.82, 2.24) is 9.78 Å². The Kier molecular flexibility index (Phi) is 5.73. The quantitative estimate of drug-likeness (QED) is 0.354. The summed E-state index contributed by atoms with van der Waals surface area (Å²) >= 11 is 0. The molecule has 1 aromatic heterocycles. The number of nitro groups is 1. The Balaban J connectivity index is 1.84. The van der Waals surface area contributed by atoms with Crippen LogP contribution in [0.25, 0.3) is 16.5 Å². The first-order valence-electron chi connectivity index (χ1n) is 9.73. The number of nitrogens with zero attached hydrogens (tertiary/aromatic N) is 3. The summed E-state index contributed by atoms with van der Waals surface area (Å²) in [4.78, 5) is 36.9. The zero-order valence-electron chi connectivity index (χ0n) is 17.6. The molecule has 10 nitrogen and oxygen atoms in total. The van der Waals surface area contributed by atoms with Crippen LogP contribution in [0.3, 0.4) is 0 Å². The Labute approximate surface area is 187 Å². The van der Waals surface area contributed by atoms with Crippen molar-refractivity contribution in [3.63, 3.8) is 0 Å². The highest BCUT2D eigenvalue weighted by Crippen LogP contribution is 2.29. The largest absolute Gasteiger partial charge is 0.497 e. The third-order valence-electron chi connectivity index (χ3n) is 4.98. The van der Waals surface area contributed by atoms with Crippen LogP contribution >= 0.6 is 0 Å². The van der Waals surface area contributed by atoms with Crippen LogP contribution in [0.4, 0.5) is 11.4 Å². The second-order valence-electron chi connectivity index (χ2n) is 6.90. The number of nitrogens with one attached hydrogen (secondary N) is 1. The molecular formula is C23H18N4O6. The number of amides is 1. The molecule has 10 heteroatoms. The molecule has 0 bridgehead atoms. The number of non-ortho nitro benzene ring substituents is 1. The van der Waals surface area contributed by atoms with Crippen LogP contribution in [0.15, 0.2) is 71.5 Å². The molecule has 0 unspecified atom stereocenters. The molecule has 3 aromatic carbocycles. The van der Waals surface area contributed by atoms with Crippen LogP contribution in [-0.4, -0.2) is 34.8 Å². The van der Waals surface area contributed by atoms with Gasteiger partial charge in [-0.25, -0.2) is 0 Å². The zero-order chi connectivity index (χ0) is 23.5. The van der Waals surface area contributed by atoms with E-state index in [1.54, 1.807) is 48.5 Å². The molecule has 1 N–H and O–H groups in total. The maximum absolute atomic E-state index is 13.2. The molecule has 0 fully saturated rings. The highest BCUT2D eigenvalue weighted by atomic mass is 16.6. The van der Waals surface area contributed by atoms with Crippen molar-refractivity contribution >= 4 is 28.1 Å². The second-order valence-corrected chi connectivity index (χ2v) is 6.90. The number of ether oxygens (including phenoxy) is 2. The number of carbonyl (C=O) groups excluding carboxylic acids is 1. The van der Waals surface area contributed by atoms with Gasteiger partial charge in [0.2, 0.25) is 0 Å². The number of nitro benzene ring substituents is 1. The van der Waals surface area contributed by atoms with Crippen LogP contribution in [0.1, 0.15) is 10.5 Å². The van der Waals surface area contributed by atoms with Gasteiger partial charge in [0.25, 0.3) is 17.2 Å². The van der Waals surface area contributed by atoms with Gasteiger partial charge in [0, 0.05) is 17.5 Å². The molecule has 0 spiro atoms. The molecule has 33 heavy (non-hydrogen) atoms. The van der Waals surface area contributed by atoms with Crippen LogP contribution < -0.4 is 20.3 Å². The first-order chi connectivity index (χ1) is 15.9. The van der Waals surface area contributed by atoms with E-state index in [2.05, 4.69) is 10.4 Å². The number of aromatic nitrogens is 2. The van der Waals surface area contributed by atoms with Crippen LogP contribution in [-0.2, 0) is 0 Å². The summed E-state index contributed by atoms with van der Waals surface area (Å²) in [6, 6.07) is 17.1. The fourth-order valence-corrected chi connectivity index (χ4v) is 3.34. The summed E-state index contributed by atoms with van der Waals surface area (Å²) in [6.07, 6.45) is 0. The highest BCUT2D eigenvalue weighted by Gasteiger charge is 2.20. The first kappa shape index (κ1) is 21.5. The van der Waals surface area contributed by atoms with E-state index < -0.39 is 16.4 Å². The van der Waals surface area contributed by atoms with E-state index in [0.29, 0.717) is 22.2 Å². The minimum Gasteiger partial charge on any atom is -0.497 e. The van der Waals surface area contributed by atoms with Crippen molar-refractivity contribution in [2.75, 3.05) is 19.5 Å². The number of benzene rings is 3. The van der Waals surface area contributed by atoms with E-state index in [1.165, 1.54) is 32.4 Å². The Morgan fingerprint density at radius 3 is 2.33 bits per heavy atom. The first-order valence-corrected chi connectivity index (χ1v) is 9.73. The second kappa shape index (κ2) is 8.79. The van der Waals surface area contributed by atoms with Gasteiger partial charge in [0.1, 0.15) is 11.5 Å². The monoisotopic (exact) mass is 446 g/mol. The van der Waals surface area contributed by atoms with Crippen molar-refractivity contribution in [1.29, 1.82) is 0 Å². The predicted molar refractivity (Wildman–Crippen MR) is 121 cm³/mol. The molecule has 0 radical (unpaired) electrons. The molecule has 0 atom stereocenters. The Hall–Kier alpha value is -4.73. The van der Waals surface area contributed by atoms with Crippen molar-refractivity contribution in [2.24, 2.45) is 0 Å². The number of hydrogen-bond acceptors (Lipinski definition) is 7. The summed E-state index contributed by atoms with van der Waals surface area (Å²) in [5.74, 6) is 0.178. The molecule has 0 aliphatic heterocycles. The number of fused-ring (bicyclic) bond motifs is 1. The smallest absolute Gasteiger partial charge is 0.279 e. The maximum Gasteiger partial charge on any atom is 0.279 e. The Bertz CT molecular complexity index is 1430. The molecule has 0 aliphatic carbocycles. The van der Waals surface area contributed by atoms with Gasteiger partial charge >= 0.3 is 0 Å². The summed E-state index contributed by atoms with van der Waals surface area (Å²) in [5.41, 5.74) is -0.111. The van der Waals surface area contributed by atoms with Crippen molar-refractivity contribution in [2.45, 2.75) is 0 Å². The minimum absolute atomic E-state index is 0.0328.